The number of hydrogen-bond acceptors (Lipinski definition) is 3. The molecule has 1 aromatic rings. The van der Waals surface area contributed by atoms with Crippen LogP contribution in [0.4, 0.5) is 0 Å². The maximum Gasteiger partial charge on any atom is 0.341 e. The van der Waals surface area contributed by atoms with E-state index in [2.05, 4.69) is 5.10 Å². The number of rotatable bonds is 2. The lowest BCUT2D eigenvalue weighted by Gasteiger charge is -2.07. The minimum Gasteiger partial charge on any atom is -0.477 e. The fourth-order valence-electron chi connectivity index (χ4n) is 0.957. The first-order valence-electron chi connectivity index (χ1n) is 3.85. The van der Waals surface area contributed by atoms with Crippen LogP contribution in [0.5, 0.6) is 0 Å². The minimum absolute atomic E-state index is 0.133. The van der Waals surface area contributed by atoms with Gasteiger partial charge in [-0.15, -0.1) is 0 Å². The van der Waals surface area contributed by atoms with E-state index in [-0.39, 0.29) is 11.6 Å². The number of aromatic carboxylic acids is 1. The Hall–Kier alpha value is -1.65. The molecule has 0 aromatic carbocycles. The lowest BCUT2D eigenvalue weighted by Crippen LogP contribution is -2.29. The Balaban J connectivity index is 3.36. The average Bonchev–Trinajstić information content (AvgIpc) is 2.03. The van der Waals surface area contributed by atoms with Crippen molar-refractivity contribution in [1.29, 1.82) is 0 Å². The normalized spacial score (nSPS) is 10.4. The SMILES string of the molecule is CC(C)n1nccc(C(=O)O)c1=O. The van der Waals surface area contributed by atoms with Crippen molar-refractivity contribution in [3.05, 3.63) is 28.2 Å². The summed E-state index contributed by atoms with van der Waals surface area (Å²) < 4.78 is 1.14. The molecule has 5 heteroatoms. The molecule has 0 fully saturated rings. The van der Waals surface area contributed by atoms with Gasteiger partial charge in [0.15, 0.2) is 0 Å². The molecule has 0 unspecified atom stereocenters. The van der Waals surface area contributed by atoms with E-state index < -0.39 is 11.5 Å². The van der Waals surface area contributed by atoms with Crippen LogP contribution < -0.4 is 5.56 Å². The van der Waals surface area contributed by atoms with E-state index in [0.29, 0.717) is 0 Å². The Labute approximate surface area is 74.6 Å². The maximum atomic E-state index is 11.4. The second kappa shape index (κ2) is 3.38. The molecular formula is C8H10N2O3. The van der Waals surface area contributed by atoms with Crippen LogP contribution in [-0.2, 0) is 0 Å². The van der Waals surface area contributed by atoms with Gasteiger partial charge < -0.3 is 5.11 Å². The van der Waals surface area contributed by atoms with Crippen molar-refractivity contribution < 1.29 is 9.90 Å². The molecule has 0 atom stereocenters. The average molecular weight is 182 g/mol. The Morgan fingerprint density at radius 1 is 1.62 bits per heavy atom. The molecule has 0 saturated carbocycles. The van der Waals surface area contributed by atoms with Gasteiger partial charge in [-0.1, -0.05) is 0 Å². The van der Waals surface area contributed by atoms with Crippen LogP contribution in [0.3, 0.4) is 0 Å². The predicted molar refractivity (Wildman–Crippen MR) is 45.8 cm³/mol. The van der Waals surface area contributed by atoms with Gasteiger partial charge in [0.25, 0.3) is 5.56 Å². The number of carbonyl (C=O) groups is 1. The van der Waals surface area contributed by atoms with E-state index in [4.69, 9.17) is 5.11 Å². The molecule has 1 rings (SSSR count). The topological polar surface area (TPSA) is 72.2 Å². The number of aromatic nitrogens is 2. The van der Waals surface area contributed by atoms with Gasteiger partial charge in [0.2, 0.25) is 0 Å². The predicted octanol–water partition coefficient (Wildman–Crippen LogP) is 0.522. The van der Waals surface area contributed by atoms with E-state index in [1.54, 1.807) is 13.8 Å². The molecule has 70 valence electrons. The summed E-state index contributed by atoms with van der Waals surface area (Å²) in [5.74, 6) is -1.22. The molecule has 0 amide bonds. The summed E-state index contributed by atoms with van der Waals surface area (Å²) in [6.45, 7) is 3.53. The summed E-state index contributed by atoms with van der Waals surface area (Å²) in [6.07, 6.45) is 1.31. The van der Waals surface area contributed by atoms with Gasteiger partial charge in [-0.2, -0.15) is 5.10 Å². The third-order valence-electron chi connectivity index (χ3n) is 1.59. The van der Waals surface area contributed by atoms with Crippen LogP contribution in [0.2, 0.25) is 0 Å². The molecule has 1 heterocycles. The molecule has 0 radical (unpaired) electrons. The lowest BCUT2D eigenvalue weighted by molar-refractivity contribution is 0.0693. The van der Waals surface area contributed by atoms with E-state index in [1.807, 2.05) is 0 Å². The summed E-state index contributed by atoms with van der Waals surface area (Å²) in [4.78, 5) is 21.9. The van der Waals surface area contributed by atoms with Gasteiger partial charge in [-0.25, -0.2) is 9.48 Å². The first-order valence-corrected chi connectivity index (χ1v) is 3.85. The molecule has 1 aromatic heterocycles. The van der Waals surface area contributed by atoms with Crippen molar-refractivity contribution in [1.82, 2.24) is 9.78 Å². The highest BCUT2D eigenvalue weighted by Gasteiger charge is 2.11. The highest BCUT2D eigenvalue weighted by Crippen LogP contribution is 1.97. The second-order valence-corrected chi connectivity index (χ2v) is 2.89. The van der Waals surface area contributed by atoms with Crippen molar-refractivity contribution in [3.63, 3.8) is 0 Å². The number of carboxylic acids is 1. The number of nitrogens with zero attached hydrogens (tertiary/aromatic N) is 2. The van der Waals surface area contributed by atoms with E-state index in [1.165, 1.54) is 12.3 Å². The summed E-state index contributed by atoms with van der Waals surface area (Å²) in [5.41, 5.74) is -0.811. The summed E-state index contributed by atoms with van der Waals surface area (Å²) in [6, 6.07) is 1.07. The number of carboxylic acid groups (broad SMARTS) is 1. The molecule has 0 aliphatic rings. The first-order chi connectivity index (χ1) is 6.04. The lowest BCUT2D eigenvalue weighted by atomic mass is 10.3. The van der Waals surface area contributed by atoms with Crippen molar-refractivity contribution in [3.8, 4) is 0 Å². The fourth-order valence-corrected chi connectivity index (χ4v) is 0.957. The largest absolute Gasteiger partial charge is 0.477 e. The third-order valence-corrected chi connectivity index (χ3v) is 1.59. The smallest absolute Gasteiger partial charge is 0.341 e. The monoisotopic (exact) mass is 182 g/mol. The molecule has 5 nitrogen and oxygen atoms in total. The third kappa shape index (κ3) is 1.74. The van der Waals surface area contributed by atoms with Crippen LogP contribution >= 0.6 is 0 Å². The molecule has 0 aliphatic heterocycles. The summed E-state index contributed by atoms with van der Waals surface area (Å²) in [5, 5.41) is 12.4. The summed E-state index contributed by atoms with van der Waals surface area (Å²) in [7, 11) is 0. The van der Waals surface area contributed by atoms with Crippen LogP contribution in [0.15, 0.2) is 17.1 Å². The minimum atomic E-state index is -1.22. The molecule has 0 saturated heterocycles. The Kier molecular flexibility index (Phi) is 2.46. The molecule has 0 aliphatic carbocycles. The Morgan fingerprint density at radius 2 is 2.23 bits per heavy atom. The van der Waals surface area contributed by atoms with E-state index in [9.17, 15) is 9.59 Å². The Morgan fingerprint density at radius 3 is 2.69 bits per heavy atom. The van der Waals surface area contributed by atoms with Crippen molar-refractivity contribution in [2.45, 2.75) is 19.9 Å². The maximum absolute atomic E-state index is 11.4. The van der Waals surface area contributed by atoms with Crippen LogP contribution in [0, 0.1) is 0 Å². The standard InChI is InChI=1S/C8H10N2O3/c1-5(2)10-7(11)6(8(12)13)3-4-9-10/h3-5H,1-2H3,(H,12,13). The molecule has 13 heavy (non-hydrogen) atoms. The van der Waals surface area contributed by atoms with Gasteiger partial charge in [0.1, 0.15) is 5.56 Å². The van der Waals surface area contributed by atoms with Crippen LogP contribution in [0.1, 0.15) is 30.2 Å². The molecule has 1 N–H and O–H groups in total. The quantitative estimate of drug-likeness (QED) is 0.723. The molecular weight excluding hydrogens is 172 g/mol. The van der Waals surface area contributed by atoms with Gasteiger partial charge in [-0.05, 0) is 19.9 Å². The van der Waals surface area contributed by atoms with E-state index >= 15 is 0 Å². The van der Waals surface area contributed by atoms with Crippen LogP contribution in [0.25, 0.3) is 0 Å². The highest BCUT2D eigenvalue weighted by molar-refractivity contribution is 5.86. The van der Waals surface area contributed by atoms with Gasteiger partial charge in [0.05, 0.1) is 6.04 Å². The van der Waals surface area contributed by atoms with Gasteiger partial charge >= 0.3 is 5.97 Å². The first kappa shape index (κ1) is 9.44. The van der Waals surface area contributed by atoms with Gasteiger partial charge in [0, 0.05) is 6.20 Å². The second-order valence-electron chi connectivity index (χ2n) is 2.89. The highest BCUT2D eigenvalue weighted by atomic mass is 16.4. The van der Waals surface area contributed by atoms with E-state index in [0.717, 1.165) is 4.68 Å². The van der Waals surface area contributed by atoms with Crippen molar-refractivity contribution in [2.24, 2.45) is 0 Å². The zero-order valence-corrected chi connectivity index (χ0v) is 7.39. The molecule has 0 spiro atoms. The van der Waals surface area contributed by atoms with Crippen LogP contribution in [-0.4, -0.2) is 20.9 Å². The van der Waals surface area contributed by atoms with Crippen molar-refractivity contribution >= 4 is 5.97 Å². The summed E-state index contributed by atoms with van der Waals surface area (Å²) >= 11 is 0. The van der Waals surface area contributed by atoms with Crippen molar-refractivity contribution in [2.75, 3.05) is 0 Å². The molecule has 0 bridgehead atoms. The Bertz CT molecular complexity index is 381. The zero-order valence-electron chi connectivity index (χ0n) is 7.39. The van der Waals surface area contributed by atoms with Gasteiger partial charge in [-0.3, -0.25) is 4.79 Å². The zero-order chi connectivity index (χ0) is 10.0. The number of hydrogen-bond donors (Lipinski definition) is 1. The fraction of sp³-hybridized carbons (Fsp3) is 0.375.